The number of hydrogen-bond acceptors (Lipinski definition) is 3. The van der Waals surface area contributed by atoms with Crippen LogP contribution in [0.1, 0.15) is 26.7 Å². The minimum atomic E-state index is -0.921. The van der Waals surface area contributed by atoms with Crippen molar-refractivity contribution in [3.8, 4) is 0 Å². The third kappa shape index (κ3) is 3.93. The van der Waals surface area contributed by atoms with E-state index >= 15 is 0 Å². The Bertz CT molecular complexity index is 455. The molecule has 0 fully saturated rings. The maximum atomic E-state index is 11.3. The first kappa shape index (κ1) is 13.3. The van der Waals surface area contributed by atoms with Crippen molar-refractivity contribution in [2.45, 2.75) is 33.2 Å². The van der Waals surface area contributed by atoms with Crippen molar-refractivity contribution in [1.29, 1.82) is 0 Å². The van der Waals surface area contributed by atoms with Crippen LogP contribution in [0.3, 0.4) is 0 Å². The monoisotopic (exact) mass is 243 g/mol. The molecule has 1 atom stereocenters. The first-order chi connectivity index (χ1) is 7.90. The summed E-state index contributed by atoms with van der Waals surface area (Å²) in [5.41, 5.74) is -1.07. The topological polar surface area (TPSA) is 108 Å². The van der Waals surface area contributed by atoms with Gasteiger partial charge in [-0.2, -0.15) is 0 Å². The lowest BCUT2D eigenvalue weighted by Gasteiger charge is -2.16. The molecule has 0 saturated heterocycles. The fourth-order valence-electron chi connectivity index (χ4n) is 1.89. The van der Waals surface area contributed by atoms with E-state index in [-0.39, 0.29) is 18.9 Å². The minimum Gasteiger partial charge on any atom is -0.481 e. The molecule has 3 N–H and O–H groups in total. The summed E-state index contributed by atoms with van der Waals surface area (Å²) >= 11 is 0. The van der Waals surface area contributed by atoms with Crippen molar-refractivity contribution < 1.29 is 9.90 Å². The molecule has 0 aliphatic rings. The van der Waals surface area contributed by atoms with E-state index < -0.39 is 17.3 Å². The van der Waals surface area contributed by atoms with Gasteiger partial charge in [0, 0.05) is 13.0 Å². The summed E-state index contributed by atoms with van der Waals surface area (Å²) in [4.78, 5) is 33.3. The van der Waals surface area contributed by atoms with E-state index in [9.17, 15) is 14.4 Å². The van der Waals surface area contributed by atoms with E-state index in [4.69, 9.17) is 5.11 Å². The van der Waals surface area contributed by atoms with Gasteiger partial charge in [-0.05, 0) is 18.3 Å². The van der Waals surface area contributed by atoms with Crippen molar-refractivity contribution in [2.24, 2.45) is 11.8 Å². The third-order valence-electron chi connectivity index (χ3n) is 2.48. The summed E-state index contributed by atoms with van der Waals surface area (Å²) in [5, 5.41) is 13.1. The third-order valence-corrected chi connectivity index (χ3v) is 2.48. The van der Waals surface area contributed by atoms with Gasteiger partial charge in [0.05, 0.1) is 0 Å². The van der Waals surface area contributed by atoms with Crippen molar-refractivity contribution in [3.05, 3.63) is 21.0 Å². The molecule has 0 saturated carbocycles. The SMILES string of the molecule is CC(C)CC(CC(=O)O)Cn1c(=O)[nH][nH]c1=O. The van der Waals surface area contributed by atoms with Crippen LogP contribution >= 0.6 is 0 Å². The van der Waals surface area contributed by atoms with Crippen LogP contribution in [0.25, 0.3) is 0 Å². The number of carbonyl (C=O) groups is 1. The average Bonchev–Trinajstić information content (AvgIpc) is 2.47. The van der Waals surface area contributed by atoms with Gasteiger partial charge in [0.1, 0.15) is 0 Å². The number of aliphatic carboxylic acids is 1. The molecule has 17 heavy (non-hydrogen) atoms. The summed E-state index contributed by atoms with van der Waals surface area (Å²) in [7, 11) is 0. The molecule has 0 amide bonds. The molecule has 96 valence electrons. The molecular formula is C10H17N3O4. The first-order valence-electron chi connectivity index (χ1n) is 5.49. The molecule has 0 spiro atoms. The Hall–Kier alpha value is -1.79. The lowest BCUT2D eigenvalue weighted by Crippen LogP contribution is -2.31. The molecular weight excluding hydrogens is 226 g/mol. The molecule has 1 heterocycles. The summed E-state index contributed by atoms with van der Waals surface area (Å²) in [6, 6.07) is 0. The van der Waals surface area contributed by atoms with Gasteiger partial charge in [0.25, 0.3) is 0 Å². The molecule has 0 aliphatic heterocycles. The molecule has 7 nitrogen and oxygen atoms in total. The van der Waals surface area contributed by atoms with Gasteiger partial charge in [-0.3, -0.25) is 4.79 Å². The highest BCUT2D eigenvalue weighted by atomic mass is 16.4. The molecule has 1 aromatic rings. The van der Waals surface area contributed by atoms with Crippen LogP contribution in [-0.2, 0) is 11.3 Å². The quantitative estimate of drug-likeness (QED) is 0.653. The zero-order valence-electron chi connectivity index (χ0n) is 9.90. The predicted octanol–water partition coefficient (Wildman–Crippen LogP) is 0.00170. The van der Waals surface area contributed by atoms with Crippen LogP contribution in [0.15, 0.2) is 9.59 Å². The van der Waals surface area contributed by atoms with Gasteiger partial charge in [-0.15, -0.1) is 0 Å². The van der Waals surface area contributed by atoms with Gasteiger partial charge >= 0.3 is 17.3 Å². The van der Waals surface area contributed by atoms with Gasteiger partial charge < -0.3 is 5.11 Å². The van der Waals surface area contributed by atoms with E-state index in [1.54, 1.807) is 0 Å². The van der Waals surface area contributed by atoms with E-state index in [2.05, 4.69) is 10.2 Å². The number of carboxylic acids is 1. The van der Waals surface area contributed by atoms with E-state index in [0.29, 0.717) is 12.3 Å². The number of aromatic amines is 2. The van der Waals surface area contributed by atoms with Crippen LogP contribution in [0, 0.1) is 11.8 Å². The summed E-state index contributed by atoms with van der Waals surface area (Å²) in [5.74, 6) is -0.828. The highest BCUT2D eigenvalue weighted by molar-refractivity contribution is 5.66. The highest BCUT2D eigenvalue weighted by Crippen LogP contribution is 2.16. The molecule has 1 rings (SSSR count). The van der Waals surface area contributed by atoms with Crippen LogP contribution in [0.2, 0.25) is 0 Å². The number of H-pyrrole nitrogens is 2. The van der Waals surface area contributed by atoms with Gasteiger partial charge in [0.2, 0.25) is 0 Å². The maximum Gasteiger partial charge on any atom is 0.344 e. The van der Waals surface area contributed by atoms with Gasteiger partial charge in [-0.25, -0.2) is 24.4 Å². The minimum absolute atomic E-state index is 0.0464. The summed E-state index contributed by atoms with van der Waals surface area (Å²) in [6.07, 6.45) is 0.610. The van der Waals surface area contributed by atoms with E-state index in [1.165, 1.54) is 0 Å². The standard InChI is InChI=1S/C10H17N3O4/c1-6(2)3-7(4-8(14)15)5-13-9(16)11-12-10(13)17/h6-7H,3-5H2,1-2H3,(H,11,16)(H,12,17)(H,14,15). The van der Waals surface area contributed by atoms with Crippen LogP contribution in [0.4, 0.5) is 0 Å². The zero-order valence-corrected chi connectivity index (χ0v) is 9.90. The first-order valence-corrected chi connectivity index (χ1v) is 5.49. The molecule has 1 unspecified atom stereocenters. The van der Waals surface area contributed by atoms with Crippen LogP contribution in [0.5, 0.6) is 0 Å². The smallest absolute Gasteiger partial charge is 0.344 e. The number of hydrogen-bond donors (Lipinski definition) is 3. The molecule has 7 heteroatoms. The fourth-order valence-corrected chi connectivity index (χ4v) is 1.89. The second-order valence-corrected chi connectivity index (χ2v) is 4.56. The molecule has 0 aromatic carbocycles. The average molecular weight is 243 g/mol. The Balaban J connectivity index is 2.82. The molecule has 0 aliphatic carbocycles. The van der Waals surface area contributed by atoms with Gasteiger partial charge in [0.15, 0.2) is 0 Å². The predicted molar refractivity (Wildman–Crippen MR) is 60.9 cm³/mol. The largest absolute Gasteiger partial charge is 0.481 e. The fraction of sp³-hybridized carbons (Fsp3) is 0.700. The number of rotatable bonds is 6. The Labute approximate surface area is 97.5 Å². The number of carboxylic acid groups (broad SMARTS) is 1. The Kier molecular flexibility index (Phi) is 4.30. The molecule has 1 aromatic heterocycles. The van der Waals surface area contributed by atoms with Crippen molar-refractivity contribution in [2.75, 3.05) is 0 Å². The highest BCUT2D eigenvalue weighted by Gasteiger charge is 2.17. The second-order valence-electron chi connectivity index (χ2n) is 4.56. The van der Waals surface area contributed by atoms with E-state index in [0.717, 1.165) is 4.57 Å². The van der Waals surface area contributed by atoms with Crippen LogP contribution in [-0.4, -0.2) is 25.8 Å². The molecule has 0 bridgehead atoms. The lowest BCUT2D eigenvalue weighted by atomic mass is 9.94. The zero-order chi connectivity index (χ0) is 13.0. The maximum absolute atomic E-state index is 11.3. The Morgan fingerprint density at radius 3 is 2.24 bits per heavy atom. The molecule has 0 radical (unpaired) electrons. The Morgan fingerprint density at radius 1 is 1.29 bits per heavy atom. The number of nitrogens with one attached hydrogen (secondary N) is 2. The second kappa shape index (κ2) is 5.51. The van der Waals surface area contributed by atoms with Crippen LogP contribution < -0.4 is 11.4 Å². The normalized spacial score (nSPS) is 12.9. The summed E-state index contributed by atoms with van der Waals surface area (Å²) in [6.45, 7) is 4.07. The van der Waals surface area contributed by atoms with Gasteiger partial charge in [-0.1, -0.05) is 13.8 Å². The number of nitrogens with zero attached hydrogens (tertiary/aromatic N) is 1. The lowest BCUT2D eigenvalue weighted by molar-refractivity contribution is -0.138. The summed E-state index contributed by atoms with van der Waals surface area (Å²) < 4.78 is 0.996. The Morgan fingerprint density at radius 2 is 1.82 bits per heavy atom. The number of aromatic nitrogens is 3. The van der Waals surface area contributed by atoms with Crippen molar-refractivity contribution in [3.63, 3.8) is 0 Å². The van der Waals surface area contributed by atoms with Crippen molar-refractivity contribution >= 4 is 5.97 Å². The van der Waals surface area contributed by atoms with Crippen molar-refractivity contribution in [1.82, 2.24) is 14.8 Å². The van der Waals surface area contributed by atoms with E-state index in [1.807, 2.05) is 13.8 Å².